The molecule has 0 radical (unpaired) electrons. The number of hydrogen-bond acceptors (Lipinski definition) is 3. The SMILES string of the molecule is O=C(NCC1CCCCO1)c1ccc(Cl)nc1. The fourth-order valence-electron chi connectivity index (χ4n) is 1.79. The Kier molecular flexibility index (Phi) is 4.34. The quantitative estimate of drug-likeness (QED) is 0.840. The molecule has 1 aliphatic rings. The molecule has 0 bridgehead atoms. The van der Waals surface area contributed by atoms with Crippen LogP contribution in [0, 0.1) is 0 Å². The Balaban J connectivity index is 1.82. The van der Waals surface area contributed by atoms with Gasteiger partial charge in [0.05, 0.1) is 11.7 Å². The average Bonchev–Trinajstić information content (AvgIpc) is 2.38. The summed E-state index contributed by atoms with van der Waals surface area (Å²) in [6.07, 6.45) is 4.92. The summed E-state index contributed by atoms with van der Waals surface area (Å²) in [6.45, 7) is 1.35. The van der Waals surface area contributed by atoms with Crippen molar-refractivity contribution in [3.05, 3.63) is 29.0 Å². The highest BCUT2D eigenvalue weighted by atomic mass is 35.5. The summed E-state index contributed by atoms with van der Waals surface area (Å²) in [7, 11) is 0. The zero-order chi connectivity index (χ0) is 12.1. The van der Waals surface area contributed by atoms with E-state index in [1.54, 1.807) is 12.1 Å². The van der Waals surface area contributed by atoms with E-state index in [0.717, 1.165) is 19.4 Å². The average molecular weight is 255 g/mol. The maximum Gasteiger partial charge on any atom is 0.252 e. The zero-order valence-corrected chi connectivity index (χ0v) is 10.2. The summed E-state index contributed by atoms with van der Waals surface area (Å²) in [5.41, 5.74) is 0.519. The predicted octanol–water partition coefficient (Wildman–Crippen LogP) is 2.03. The van der Waals surface area contributed by atoms with Gasteiger partial charge in [-0.3, -0.25) is 4.79 Å². The van der Waals surface area contributed by atoms with Gasteiger partial charge >= 0.3 is 0 Å². The van der Waals surface area contributed by atoms with Crippen LogP contribution in [0.15, 0.2) is 18.3 Å². The molecule has 1 aromatic rings. The maximum atomic E-state index is 11.7. The maximum absolute atomic E-state index is 11.7. The first-order valence-corrected chi connectivity index (χ1v) is 6.15. The molecule has 1 unspecified atom stereocenters. The molecule has 1 aliphatic heterocycles. The monoisotopic (exact) mass is 254 g/mol. The molecule has 1 atom stereocenters. The second kappa shape index (κ2) is 5.98. The van der Waals surface area contributed by atoms with Crippen molar-refractivity contribution in [2.24, 2.45) is 0 Å². The van der Waals surface area contributed by atoms with Crippen molar-refractivity contribution in [2.45, 2.75) is 25.4 Å². The Labute approximate surface area is 105 Å². The molecule has 0 aliphatic carbocycles. The summed E-state index contributed by atoms with van der Waals surface area (Å²) >= 11 is 5.65. The minimum absolute atomic E-state index is 0.136. The number of pyridine rings is 1. The van der Waals surface area contributed by atoms with E-state index in [9.17, 15) is 4.79 Å². The number of ether oxygens (including phenoxy) is 1. The Morgan fingerprint density at radius 2 is 2.41 bits per heavy atom. The van der Waals surface area contributed by atoms with Crippen molar-refractivity contribution >= 4 is 17.5 Å². The van der Waals surface area contributed by atoms with Crippen LogP contribution in [0.1, 0.15) is 29.6 Å². The molecule has 1 saturated heterocycles. The first-order chi connectivity index (χ1) is 8.25. The van der Waals surface area contributed by atoms with Crippen LogP contribution in [0.2, 0.25) is 5.15 Å². The van der Waals surface area contributed by atoms with E-state index in [0.29, 0.717) is 17.3 Å². The van der Waals surface area contributed by atoms with Crippen LogP contribution in [0.3, 0.4) is 0 Å². The molecule has 5 heteroatoms. The summed E-state index contributed by atoms with van der Waals surface area (Å²) in [4.78, 5) is 15.6. The van der Waals surface area contributed by atoms with Crippen molar-refractivity contribution < 1.29 is 9.53 Å². The fourth-order valence-corrected chi connectivity index (χ4v) is 1.90. The second-order valence-electron chi connectivity index (χ2n) is 4.07. The normalized spacial score (nSPS) is 19.9. The van der Waals surface area contributed by atoms with Crippen LogP contribution >= 0.6 is 11.6 Å². The molecule has 0 aromatic carbocycles. The smallest absolute Gasteiger partial charge is 0.252 e. The molecular weight excluding hydrogens is 240 g/mol. The number of rotatable bonds is 3. The first-order valence-electron chi connectivity index (χ1n) is 5.77. The van der Waals surface area contributed by atoms with Crippen LogP contribution in [0.25, 0.3) is 0 Å². The number of hydrogen-bond donors (Lipinski definition) is 1. The molecular formula is C12H15ClN2O2. The van der Waals surface area contributed by atoms with E-state index in [1.165, 1.54) is 12.6 Å². The van der Waals surface area contributed by atoms with Gasteiger partial charge in [-0.25, -0.2) is 4.98 Å². The summed E-state index contributed by atoms with van der Waals surface area (Å²) in [5, 5.41) is 3.23. The Bertz CT molecular complexity index is 375. The van der Waals surface area contributed by atoms with E-state index in [-0.39, 0.29) is 12.0 Å². The van der Waals surface area contributed by atoms with E-state index < -0.39 is 0 Å². The standard InChI is InChI=1S/C12H15ClN2O2/c13-11-5-4-9(7-14-11)12(16)15-8-10-3-1-2-6-17-10/h4-5,7,10H,1-3,6,8H2,(H,15,16). The van der Waals surface area contributed by atoms with Crippen LogP contribution in [0.5, 0.6) is 0 Å². The lowest BCUT2D eigenvalue weighted by Crippen LogP contribution is -2.35. The van der Waals surface area contributed by atoms with Crippen LogP contribution < -0.4 is 5.32 Å². The van der Waals surface area contributed by atoms with Crippen LogP contribution in [-0.4, -0.2) is 30.1 Å². The van der Waals surface area contributed by atoms with Crippen molar-refractivity contribution in [1.82, 2.24) is 10.3 Å². The molecule has 4 nitrogen and oxygen atoms in total. The van der Waals surface area contributed by atoms with Gasteiger partial charge in [-0.1, -0.05) is 11.6 Å². The largest absolute Gasteiger partial charge is 0.376 e. The summed E-state index contributed by atoms with van der Waals surface area (Å²) in [6, 6.07) is 3.26. The number of carbonyl (C=O) groups is 1. The Morgan fingerprint density at radius 1 is 1.53 bits per heavy atom. The second-order valence-corrected chi connectivity index (χ2v) is 4.46. The van der Waals surface area contributed by atoms with E-state index in [4.69, 9.17) is 16.3 Å². The van der Waals surface area contributed by atoms with Crippen molar-refractivity contribution in [3.63, 3.8) is 0 Å². The van der Waals surface area contributed by atoms with Gasteiger partial charge < -0.3 is 10.1 Å². The number of aromatic nitrogens is 1. The molecule has 1 amide bonds. The molecule has 1 N–H and O–H groups in total. The molecule has 1 fully saturated rings. The zero-order valence-electron chi connectivity index (χ0n) is 9.49. The number of amides is 1. The minimum atomic E-state index is -0.136. The van der Waals surface area contributed by atoms with Crippen LogP contribution in [-0.2, 0) is 4.74 Å². The van der Waals surface area contributed by atoms with Gasteiger partial charge in [0.25, 0.3) is 5.91 Å². The van der Waals surface area contributed by atoms with E-state index >= 15 is 0 Å². The number of carbonyl (C=O) groups excluding carboxylic acids is 1. The number of nitrogens with zero attached hydrogens (tertiary/aromatic N) is 1. The van der Waals surface area contributed by atoms with E-state index in [2.05, 4.69) is 10.3 Å². The molecule has 0 saturated carbocycles. The first kappa shape index (κ1) is 12.3. The van der Waals surface area contributed by atoms with Gasteiger partial charge in [-0.05, 0) is 31.4 Å². The van der Waals surface area contributed by atoms with Gasteiger partial charge in [0.2, 0.25) is 0 Å². The Hall–Kier alpha value is -1.13. The molecule has 17 heavy (non-hydrogen) atoms. The molecule has 2 rings (SSSR count). The van der Waals surface area contributed by atoms with Crippen molar-refractivity contribution in [3.8, 4) is 0 Å². The number of nitrogens with one attached hydrogen (secondary N) is 1. The van der Waals surface area contributed by atoms with Crippen molar-refractivity contribution in [2.75, 3.05) is 13.2 Å². The Morgan fingerprint density at radius 3 is 3.06 bits per heavy atom. The van der Waals surface area contributed by atoms with E-state index in [1.807, 2.05) is 0 Å². The summed E-state index contributed by atoms with van der Waals surface area (Å²) < 4.78 is 5.53. The highest BCUT2D eigenvalue weighted by Crippen LogP contribution is 2.12. The third-order valence-corrected chi connectivity index (χ3v) is 2.98. The molecule has 1 aromatic heterocycles. The van der Waals surface area contributed by atoms with Gasteiger partial charge in [0.15, 0.2) is 0 Å². The van der Waals surface area contributed by atoms with Gasteiger partial charge in [-0.15, -0.1) is 0 Å². The predicted molar refractivity (Wildman–Crippen MR) is 65.2 cm³/mol. The van der Waals surface area contributed by atoms with Gasteiger partial charge in [0.1, 0.15) is 5.15 Å². The molecule has 0 spiro atoms. The highest BCUT2D eigenvalue weighted by molar-refractivity contribution is 6.29. The topological polar surface area (TPSA) is 51.2 Å². The third kappa shape index (κ3) is 3.68. The highest BCUT2D eigenvalue weighted by Gasteiger charge is 2.15. The summed E-state index contributed by atoms with van der Waals surface area (Å²) in [5.74, 6) is -0.136. The van der Waals surface area contributed by atoms with Crippen LogP contribution in [0.4, 0.5) is 0 Å². The lowest BCUT2D eigenvalue weighted by Gasteiger charge is -2.22. The third-order valence-electron chi connectivity index (χ3n) is 2.75. The molecule has 2 heterocycles. The molecule has 92 valence electrons. The fraction of sp³-hybridized carbons (Fsp3) is 0.500. The van der Waals surface area contributed by atoms with Gasteiger partial charge in [0, 0.05) is 19.3 Å². The number of halogens is 1. The minimum Gasteiger partial charge on any atom is -0.376 e. The lowest BCUT2D eigenvalue weighted by atomic mass is 10.1. The van der Waals surface area contributed by atoms with Crippen molar-refractivity contribution in [1.29, 1.82) is 0 Å². The van der Waals surface area contributed by atoms with Gasteiger partial charge in [-0.2, -0.15) is 0 Å². The lowest BCUT2D eigenvalue weighted by molar-refractivity contribution is 0.0169.